The van der Waals surface area contributed by atoms with E-state index >= 15 is 0 Å². The van der Waals surface area contributed by atoms with Gasteiger partial charge >= 0.3 is 0 Å². The standard InChI is InChI=1S/C22H21N/c1-3-22(23-17(2)15-18-9-5-4-6-10-18)21-14-13-19-11-7-8-12-20(19)16-21/h3-14,16H,15H2,1-2H3/b22-3-,23-17+. The third-order valence-corrected chi connectivity index (χ3v) is 3.93. The number of nitrogens with zero attached hydrogens (tertiary/aromatic N) is 1. The van der Waals surface area contributed by atoms with Crippen LogP contribution in [0.2, 0.25) is 0 Å². The molecule has 0 amide bonds. The van der Waals surface area contributed by atoms with Crippen LogP contribution < -0.4 is 0 Å². The highest BCUT2D eigenvalue weighted by Gasteiger charge is 2.03. The van der Waals surface area contributed by atoms with E-state index in [1.807, 2.05) is 13.0 Å². The molecular formula is C22H21N. The Balaban J connectivity index is 1.87. The molecule has 0 saturated carbocycles. The van der Waals surface area contributed by atoms with E-state index in [1.165, 1.54) is 21.9 Å². The van der Waals surface area contributed by atoms with Crippen LogP contribution in [-0.4, -0.2) is 5.71 Å². The summed E-state index contributed by atoms with van der Waals surface area (Å²) in [5, 5.41) is 2.51. The minimum atomic E-state index is 0.881. The fourth-order valence-electron chi connectivity index (χ4n) is 2.78. The maximum atomic E-state index is 4.85. The second-order valence-electron chi connectivity index (χ2n) is 5.75. The van der Waals surface area contributed by atoms with Crippen LogP contribution >= 0.6 is 0 Å². The van der Waals surface area contributed by atoms with Gasteiger partial charge in [0.2, 0.25) is 0 Å². The fourth-order valence-corrected chi connectivity index (χ4v) is 2.78. The maximum absolute atomic E-state index is 4.85. The first-order valence-corrected chi connectivity index (χ1v) is 8.00. The van der Waals surface area contributed by atoms with Crippen molar-refractivity contribution in [1.29, 1.82) is 0 Å². The molecule has 0 heterocycles. The third kappa shape index (κ3) is 3.75. The Morgan fingerprint density at radius 2 is 1.57 bits per heavy atom. The summed E-state index contributed by atoms with van der Waals surface area (Å²) in [4.78, 5) is 4.85. The predicted octanol–water partition coefficient (Wildman–Crippen LogP) is 5.90. The molecule has 0 aromatic heterocycles. The van der Waals surface area contributed by atoms with Crippen molar-refractivity contribution in [2.24, 2.45) is 4.99 Å². The van der Waals surface area contributed by atoms with Gasteiger partial charge in [0.05, 0.1) is 5.70 Å². The van der Waals surface area contributed by atoms with Gasteiger partial charge in [0.1, 0.15) is 0 Å². The third-order valence-electron chi connectivity index (χ3n) is 3.93. The monoisotopic (exact) mass is 299 g/mol. The number of allylic oxidation sites excluding steroid dienone is 1. The minimum Gasteiger partial charge on any atom is -0.258 e. The first kappa shape index (κ1) is 15.2. The summed E-state index contributed by atoms with van der Waals surface area (Å²) in [6.07, 6.45) is 2.96. The molecule has 0 radical (unpaired) electrons. The predicted molar refractivity (Wildman–Crippen MR) is 101 cm³/mol. The van der Waals surface area contributed by atoms with Crippen LogP contribution in [0.3, 0.4) is 0 Å². The highest BCUT2D eigenvalue weighted by Crippen LogP contribution is 2.22. The maximum Gasteiger partial charge on any atom is 0.0658 e. The minimum absolute atomic E-state index is 0.881. The molecule has 0 fully saturated rings. The van der Waals surface area contributed by atoms with Gasteiger partial charge in [0.15, 0.2) is 0 Å². The molecule has 0 aliphatic carbocycles. The molecule has 1 heteroatoms. The lowest BCUT2D eigenvalue weighted by molar-refractivity contribution is 1.29. The van der Waals surface area contributed by atoms with Gasteiger partial charge in [-0.2, -0.15) is 0 Å². The van der Waals surface area contributed by atoms with E-state index in [4.69, 9.17) is 4.99 Å². The van der Waals surface area contributed by atoms with E-state index in [9.17, 15) is 0 Å². The Morgan fingerprint density at radius 3 is 2.30 bits per heavy atom. The molecule has 1 nitrogen and oxygen atoms in total. The van der Waals surface area contributed by atoms with Gasteiger partial charge in [-0.15, -0.1) is 0 Å². The molecule has 0 N–H and O–H groups in total. The van der Waals surface area contributed by atoms with E-state index < -0.39 is 0 Å². The molecule has 0 aliphatic rings. The van der Waals surface area contributed by atoms with Crippen molar-refractivity contribution in [1.82, 2.24) is 0 Å². The topological polar surface area (TPSA) is 12.4 Å². The molecule has 3 aromatic carbocycles. The SMILES string of the molecule is C/C=C(\N=C(/C)Cc1ccccc1)c1ccc2ccccc2c1. The molecule has 0 aliphatic heterocycles. The van der Waals surface area contributed by atoms with Crippen molar-refractivity contribution in [3.8, 4) is 0 Å². The summed E-state index contributed by atoms with van der Waals surface area (Å²) in [5.74, 6) is 0. The number of benzene rings is 3. The Hall–Kier alpha value is -2.67. The van der Waals surface area contributed by atoms with Crippen LogP contribution in [0.15, 0.2) is 83.9 Å². The molecule has 0 atom stereocenters. The second kappa shape index (κ2) is 7.06. The van der Waals surface area contributed by atoms with E-state index in [1.54, 1.807) is 0 Å². The molecular weight excluding hydrogens is 278 g/mol. The van der Waals surface area contributed by atoms with Gasteiger partial charge in [-0.3, -0.25) is 4.99 Å². The van der Waals surface area contributed by atoms with E-state index in [-0.39, 0.29) is 0 Å². The summed E-state index contributed by atoms with van der Waals surface area (Å²) in [6, 6.07) is 25.4. The average molecular weight is 299 g/mol. The molecule has 0 spiro atoms. The fraction of sp³-hybridized carbons (Fsp3) is 0.136. The van der Waals surface area contributed by atoms with Crippen molar-refractivity contribution >= 4 is 22.2 Å². The van der Waals surface area contributed by atoms with Crippen LogP contribution in [0, 0.1) is 0 Å². The lowest BCUT2D eigenvalue weighted by atomic mass is 10.0. The van der Waals surface area contributed by atoms with Gasteiger partial charge in [-0.1, -0.05) is 72.8 Å². The van der Waals surface area contributed by atoms with Crippen molar-refractivity contribution in [2.45, 2.75) is 20.3 Å². The number of aliphatic imine (C=N–C) groups is 1. The van der Waals surface area contributed by atoms with Crippen molar-refractivity contribution < 1.29 is 0 Å². The molecule has 3 rings (SSSR count). The average Bonchev–Trinajstić information content (AvgIpc) is 2.60. The molecule has 3 aromatic rings. The summed E-state index contributed by atoms with van der Waals surface area (Å²) < 4.78 is 0. The van der Waals surface area contributed by atoms with Gasteiger partial charge in [-0.25, -0.2) is 0 Å². The summed E-state index contributed by atoms with van der Waals surface area (Å²) in [5.41, 5.74) is 4.61. The Bertz CT molecular complexity index is 857. The lowest BCUT2D eigenvalue weighted by Crippen LogP contribution is -1.98. The molecule has 0 bridgehead atoms. The van der Waals surface area contributed by atoms with Crippen LogP contribution in [0.25, 0.3) is 16.5 Å². The second-order valence-corrected chi connectivity index (χ2v) is 5.75. The summed E-state index contributed by atoms with van der Waals surface area (Å²) in [6.45, 7) is 4.14. The van der Waals surface area contributed by atoms with Gasteiger partial charge in [0.25, 0.3) is 0 Å². The smallest absolute Gasteiger partial charge is 0.0658 e. The van der Waals surface area contributed by atoms with E-state index in [0.29, 0.717) is 0 Å². The first-order valence-electron chi connectivity index (χ1n) is 8.00. The molecule has 0 unspecified atom stereocenters. The highest BCUT2D eigenvalue weighted by molar-refractivity contribution is 5.91. The zero-order valence-electron chi connectivity index (χ0n) is 13.7. The molecule has 114 valence electrons. The van der Waals surface area contributed by atoms with Gasteiger partial charge < -0.3 is 0 Å². The molecule has 0 saturated heterocycles. The zero-order valence-corrected chi connectivity index (χ0v) is 13.7. The van der Waals surface area contributed by atoms with E-state index in [0.717, 1.165) is 17.8 Å². The van der Waals surface area contributed by atoms with Crippen molar-refractivity contribution in [3.63, 3.8) is 0 Å². The lowest BCUT2D eigenvalue weighted by Gasteiger charge is -2.07. The summed E-state index contributed by atoms with van der Waals surface area (Å²) >= 11 is 0. The first-order chi connectivity index (χ1) is 11.3. The van der Waals surface area contributed by atoms with Crippen LogP contribution in [-0.2, 0) is 6.42 Å². The van der Waals surface area contributed by atoms with Crippen LogP contribution in [0.1, 0.15) is 25.0 Å². The Kier molecular flexibility index (Phi) is 4.68. The Labute approximate surface area is 138 Å². The number of hydrogen-bond acceptors (Lipinski definition) is 1. The van der Waals surface area contributed by atoms with Crippen molar-refractivity contribution in [3.05, 3.63) is 90.0 Å². The number of hydrogen-bond donors (Lipinski definition) is 0. The largest absolute Gasteiger partial charge is 0.258 e. The van der Waals surface area contributed by atoms with Gasteiger partial charge in [-0.05, 0) is 36.2 Å². The highest BCUT2D eigenvalue weighted by atomic mass is 14.8. The van der Waals surface area contributed by atoms with E-state index in [2.05, 4.69) is 79.7 Å². The normalized spacial score (nSPS) is 12.6. The number of fused-ring (bicyclic) bond motifs is 1. The Morgan fingerprint density at radius 1 is 0.870 bits per heavy atom. The van der Waals surface area contributed by atoms with Crippen LogP contribution in [0.5, 0.6) is 0 Å². The molecule has 23 heavy (non-hydrogen) atoms. The number of rotatable bonds is 4. The quantitative estimate of drug-likeness (QED) is 0.531. The zero-order chi connectivity index (χ0) is 16.1. The van der Waals surface area contributed by atoms with Crippen molar-refractivity contribution in [2.75, 3.05) is 0 Å². The van der Waals surface area contributed by atoms with Gasteiger partial charge in [0, 0.05) is 17.7 Å². The van der Waals surface area contributed by atoms with Crippen LogP contribution in [0.4, 0.5) is 0 Å². The summed E-state index contributed by atoms with van der Waals surface area (Å²) in [7, 11) is 0.